The van der Waals surface area contributed by atoms with Gasteiger partial charge >= 0.3 is 51.4 Å². The first-order valence-corrected chi connectivity index (χ1v) is 4.08. The first-order chi connectivity index (χ1) is 5.27. The van der Waals surface area contributed by atoms with Crippen LogP contribution in [0.4, 0.5) is 0 Å². The van der Waals surface area contributed by atoms with Crippen molar-refractivity contribution in [2.24, 2.45) is 0 Å². The molecule has 4 heteroatoms. The fourth-order valence-electron chi connectivity index (χ4n) is 0.911. The van der Waals surface area contributed by atoms with Gasteiger partial charge in [0.1, 0.15) is 0 Å². The molecule has 0 aliphatic carbocycles. The van der Waals surface area contributed by atoms with Crippen molar-refractivity contribution in [1.82, 2.24) is 0 Å². The van der Waals surface area contributed by atoms with Crippen LogP contribution in [0.2, 0.25) is 0 Å². The Kier molecular flexibility index (Phi) is 15.6. The average Bonchev–Trinajstić information content (AvgIpc) is 1.96. The Morgan fingerprint density at radius 1 is 1.08 bits per heavy atom. The number of hydrogen-bond acceptors (Lipinski definition) is 3. The molecule has 3 nitrogen and oxygen atoms in total. The second-order valence-corrected chi connectivity index (χ2v) is 2.61. The minimum Gasteiger partial charge on any atom is -0.550 e. The Morgan fingerprint density at radius 3 is 2.08 bits per heavy atom. The molecule has 0 rings (SSSR count). The fraction of sp³-hybridized carbons (Fsp3) is 0.875. The Labute approximate surface area is 116 Å². The molecule has 0 unspecified atom stereocenters. The summed E-state index contributed by atoms with van der Waals surface area (Å²) >= 11 is 0. The summed E-state index contributed by atoms with van der Waals surface area (Å²) in [6, 6.07) is 0. The van der Waals surface area contributed by atoms with E-state index in [1.165, 1.54) is 0 Å². The Balaban J connectivity index is 0. The van der Waals surface area contributed by atoms with Crippen LogP contribution in [0.3, 0.4) is 0 Å². The van der Waals surface area contributed by atoms with Crippen LogP contribution in [0, 0.1) is 0 Å². The molecule has 0 aromatic carbocycles. The molecule has 0 saturated heterocycles. The molecular weight excluding hydrogens is 183 g/mol. The van der Waals surface area contributed by atoms with E-state index in [0.29, 0.717) is 6.42 Å². The zero-order valence-electron chi connectivity index (χ0n) is 7.71. The van der Waals surface area contributed by atoms with Crippen LogP contribution in [0.1, 0.15) is 38.5 Å². The van der Waals surface area contributed by atoms with E-state index >= 15 is 0 Å². The van der Waals surface area contributed by atoms with E-state index in [1.54, 1.807) is 0 Å². The van der Waals surface area contributed by atoms with E-state index in [9.17, 15) is 9.90 Å². The van der Waals surface area contributed by atoms with Crippen molar-refractivity contribution in [2.45, 2.75) is 38.5 Å². The van der Waals surface area contributed by atoms with Crippen LogP contribution in [0.5, 0.6) is 0 Å². The maximum Gasteiger partial charge on any atom is 1.00 e. The maximum absolute atomic E-state index is 9.94. The van der Waals surface area contributed by atoms with Crippen molar-refractivity contribution in [3.63, 3.8) is 0 Å². The normalized spacial score (nSPS) is 9.08. The van der Waals surface area contributed by atoms with Crippen LogP contribution >= 0.6 is 0 Å². The molecule has 0 spiro atoms. The van der Waals surface area contributed by atoms with Gasteiger partial charge in [0.25, 0.3) is 0 Å². The predicted octanol–water partition coefficient (Wildman–Crippen LogP) is -2.93. The molecule has 0 aliphatic heterocycles. The fourth-order valence-corrected chi connectivity index (χ4v) is 0.911. The third-order valence-electron chi connectivity index (χ3n) is 1.54. The predicted molar refractivity (Wildman–Crippen MR) is 39.8 cm³/mol. The van der Waals surface area contributed by atoms with Crippen LogP contribution in [0.15, 0.2) is 0 Å². The van der Waals surface area contributed by atoms with Gasteiger partial charge in [-0.15, -0.1) is 0 Å². The number of aliphatic hydroxyl groups excluding tert-OH is 1. The third-order valence-corrected chi connectivity index (χ3v) is 1.54. The van der Waals surface area contributed by atoms with Gasteiger partial charge in [0.15, 0.2) is 0 Å². The van der Waals surface area contributed by atoms with Crippen LogP contribution in [0.25, 0.3) is 0 Å². The zero-order valence-corrected chi connectivity index (χ0v) is 10.8. The van der Waals surface area contributed by atoms with E-state index in [4.69, 9.17) is 5.11 Å². The number of carbonyl (C=O) groups excluding carboxylic acids is 1. The van der Waals surface area contributed by atoms with Crippen LogP contribution in [-0.4, -0.2) is 17.7 Å². The van der Waals surface area contributed by atoms with Crippen molar-refractivity contribution < 1.29 is 66.4 Å². The second-order valence-electron chi connectivity index (χ2n) is 2.61. The summed E-state index contributed by atoms with van der Waals surface area (Å²) in [5, 5.41) is 18.3. The Bertz CT molecular complexity index is 106. The number of unbranched alkanes of at least 4 members (excludes halogenated alkanes) is 4. The van der Waals surface area contributed by atoms with E-state index in [-0.39, 0.29) is 64.4 Å². The van der Waals surface area contributed by atoms with E-state index in [1.807, 2.05) is 0 Å². The SMILES string of the molecule is O=C([O-])CCCCCCCO.[K+]. The molecule has 1 N–H and O–H groups in total. The monoisotopic (exact) mass is 198 g/mol. The van der Waals surface area contributed by atoms with Crippen molar-refractivity contribution >= 4 is 5.97 Å². The van der Waals surface area contributed by atoms with Crippen molar-refractivity contribution in [2.75, 3.05) is 6.61 Å². The van der Waals surface area contributed by atoms with Gasteiger partial charge in [0.2, 0.25) is 0 Å². The first-order valence-electron chi connectivity index (χ1n) is 4.08. The smallest absolute Gasteiger partial charge is 0.550 e. The quantitative estimate of drug-likeness (QED) is 0.352. The minimum atomic E-state index is -0.966. The number of aliphatic hydroxyl groups is 1. The summed E-state index contributed by atoms with van der Waals surface area (Å²) in [5.74, 6) is -0.966. The largest absolute Gasteiger partial charge is 1.00 e. The molecule has 0 bridgehead atoms. The van der Waals surface area contributed by atoms with Gasteiger partial charge in [0, 0.05) is 12.6 Å². The number of rotatable bonds is 7. The number of carboxylic acid groups (broad SMARTS) is 1. The summed E-state index contributed by atoms with van der Waals surface area (Å²) < 4.78 is 0. The number of aliphatic carboxylic acids is 1. The van der Waals surface area contributed by atoms with Crippen LogP contribution < -0.4 is 56.5 Å². The van der Waals surface area contributed by atoms with E-state index in [2.05, 4.69) is 0 Å². The molecule has 0 atom stereocenters. The third kappa shape index (κ3) is 13.6. The molecule has 12 heavy (non-hydrogen) atoms. The topological polar surface area (TPSA) is 60.4 Å². The zero-order chi connectivity index (χ0) is 8.53. The Morgan fingerprint density at radius 2 is 1.58 bits per heavy atom. The number of hydrogen-bond donors (Lipinski definition) is 1. The molecule has 0 aromatic rings. The first kappa shape index (κ1) is 15.5. The van der Waals surface area contributed by atoms with Crippen molar-refractivity contribution in [3.8, 4) is 0 Å². The summed E-state index contributed by atoms with van der Waals surface area (Å²) in [6.07, 6.45) is 4.61. The Hall–Kier alpha value is 1.07. The van der Waals surface area contributed by atoms with Gasteiger partial charge in [-0.1, -0.05) is 19.3 Å². The van der Waals surface area contributed by atoms with Gasteiger partial charge in [-0.3, -0.25) is 0 Å². The van der Waals surface area contributed by atoms with Crippen molar-refractivity contribution in [3.05, 3.63) is 0 Å². The average molecular weight is 198 g/mol. The summed E-state index contributed by atoms with van der Waals surface area (Å²) in [6.45, 7) is 0.237. The molecular formula is C8H15KO3. The van der Waals surface area contributed by atoms with Crippen molar-refractivity contribution in [1.29, 1.82) is 0 Å². The van der Waals surface area contributed by atoms with Gasteiger partial charge in [-0.2, -0.15) is 0 Å². The second kappa shape index (κ2) is 12.1. The molecule has 66 valence electrons. The molecule has 0 aliphatic rings. The molecule has 0 amide bonds. The van der Waals surface area contributed by atoms with E-state index < -0.39 is 5.97 Å². The molecule has 0 aromatic heterocycles. The summed E-state index contributed by atoms with van der Waals surface area (Å²) in [7, 11) is 0. The number of carboxylic acids is 1. The standard InChI is InChI=1S/C8H16O3.K/c9-7-5-3-1-2-4-6-8(10)11;/h9H,1-7H2,(H,10,11);/q;+1/p-1. The van der Waals surface area contributed by atoms with Gasteiger partial charge < -0.3 is 15.0 Å². The van der Waals surface area contributed by atoms with E-state index in [0.717, 1.165) is 25.7 Å². The summed E-state index contributed by atoms with van der Waals surface area (Å²) in [5.41, 5.74) is 0. The van der Waals surface area contributed by atoms with Gasteiger partial charge in [0.05, 0.1) is 0 Å². The van der Waals surface area contributed by atoms with Gasteiger partial charge in [-0.25, -0.2) is 0 Å². The maximum atomic E-state index is 9.94. The number of carbonyl (C=O) groups is 1. The molecule has 0 saturated carbocycles. The molecule has 0 fully saturated rings. The van der Waals surface area contributed by atoms with Gasteiger partial charge in [-0.05, 0) is 19.3 Å². The minimum absolute atomic E-state index is 0. The summed E-state index contributed by atoms with van der Waals surface area (Å²) in [4.78, 5) is 9.94. The molecule has 0 radical (unpaired) electrons. The van der Waals surface area contributed by atoms with Crippen LogP contribution in [-0.2, 0) is 4.79 Å². The molecule has 0 heterocycles.